The van der Waals surface area contributed by atoms with E-state index < -0.39 is 0 Å². The van der Waals surface area contributed by atoms with Gasteiger partial charge in [0.15, 0.2) is 6.61 Å². The molecule has 2 rings (SSSR count). The molecule has 21 heavy (non-hydrogen) atoms. The number of benzene rings is 1. The van der Waals surface area contributed by atoms with E-state index in [1.807, 2.05) is 6.92 Å². The van der Waals surface area contributed by atoms with E-state index in [0.717, 1.165) is 18.6 Å². The molecule has 0 heterocycles. The molecule has 2 amide bonds. The molecule has 1 aliphatic rings. The van der Waals surface area contributed by atoms with Gasteiger partial charge in [-0.25, -0.2) is 0 Å². The Balaban J connectivity index is 1.64. The van der Waals surface area contributed by atoms with E-state index in [-0.39, 0.29) is 25.0 Å². The average Bonchev–Trinajstić information content (AvgIpc) is 3.28. The summed E-state index contributed by atoms with van der Waals surface area (Å²) in [4.78, 5) is 22.9. The van der Waals surface area contributed by atoms with Crippen LogP contribution in [0.15, 0.2) is 24.3 Å². The van der Waals surface area contributed by atoms with Gasteiger partial charge in [0.25, 0.3) is 5.91 Å². The van der Waals surface area contributed by atoms with Gasteiger partial charge < -0.3 is 20.1 Å². The second kappa shape index (κ2) is 7.52. The average molecular weight is 292 g/mol. The Hall–Kier alpha value is -2.24. The fraction of sp³-hybridized carbons (Fsp3) is 0.467. The Labute approximate surface area is 123 Å². The summed E-state index contributed by atoms with van der Waals surface area (Å²) in [6.45, 7) is 2.38. The zero-order valence-corrected chi connectivity index (χ0v) is 12.1. The molecular formula is C15H20N2O4. The highest BCUT2D eigenvalue weighted by molar-refractivity contribution is 5.85. The second-order valence-corrected chi connectivity index (χ2v) is 4.81. The van der Waals surface area contributed by atoms with Crippen LogP contribution in [0.25, 0.3) is 0 Å². The number of hydrogen-bond acceptors (Lipinski definition) is 4. The van der Waals surface area contributed by atoms with Gasteiger partial charge in [0, 0.05) is 6.04 Å². The van der Waals surface area contributed by atoms with Gasteiger partial charge in [0.1, 0.15) is 11.5 Å². The lowest BCUT2D eigenvalue weighted by atomic mass is 10.3. The predicted octanol–water partition coefficient (Wildman–Crippen LogP) is 0.859. The summed E-state index contributed by atoms with van der Waals surface area (Å²) in [6, 6.07) is 7.32. The molecule has 6 nitrogen and oxygen atoms in total. The molecule has 1 aromatic rings. The number of nitrogens with one attached hydrogen (secondary N) is 2. The van der Waals surface area contributed by atoms with Gasteiger partial charge in [-0.1, -0.05) is 0 Å². The molecular weight excluding hydrogens is 272 g/mol. The Morgan fingerprint density at radius 2 is 1.71 bits per heavy atom. The molecule has 2 N–H and O–H groups in total. The number of rotatable bonds is 8. The third kappa shape index (κ3) is 5.72. The topological polar surface area (TPSA) is 76.7 Å². The van der Waals surface area contributed by atoms with Crippen LogP contribution in [-0.2, 0) is 9.59 Å². The van der Waals surface area contributed by atoms with Crippen LogP contribution in [0.1, 0.15) is 19.8 Å². The van der Waals surface area contributed by atoms with Gasteiger partial charge in [-0.2, -0.15) is 0 Å². The first kappa shape index (κ1) is 15.2. The first-order chi connectivity index (χ1) is 10.2. The van der Waals surface area contributed by atoms with Crippen LogP contribution in [0.4, 0.5) is 0 Å². The molecule has 0 aliphatic heterocycles. The summed E-state index contributed by atoms with van der Waals surface area (Å²) >= 11 is 0. The Morgan fingerprint density at radius 1 is 1.10 bits per heavy atom. The van der Waals surface area contributed by atoms with Crippen molar-refractivity contribution in [2.24, 2.45) is 0 Å². The van der Waals surface area contributed by atoms with Crippen molar-refractivity contribution in [3.63, 3.8) is 0 Å². The number of carbonyl (C=O) groups is 2. The van der Waals surface area contributed by atoms with Crippen molar-refractivity contribution in [1.29, 1.82) is 0 Å². The fourth-order valence-electron chi connectivity index (χ4n) is 1.68. The molecule has 6 heteroatoms. The zero-order chi connectivity index (χ0) is 15.1. The fourth-order valence-corrected chi connectivity index (χ4v) is 1.68. The van der Waals surface area contributed by atoms with E-state index >= 15 is 0 Å². The molecule has 1 aromatic carbocycles. The summed E-state index contributed by atoms with van der Waals surface area (Å²) in [6.07, 6.45) is 2.06. The standard InChI is InChI=1S/C15H20N2O4/c1-2-20-12-5-7-13(8-6-12)21-10-15(19)16-9-14(18)17-11-3-4-11/h5-8,11H,2-4,9-10H2,1H3,(H,16,19)(H,17,18). The summed E-state index contributed by atoms with van der Waals surface area (Å²) in [7, 11) is 0. The minimum Gasteiger partial charge on any atom is -0.494 e. The third-order valence-electron chi connectivity index (χ3n) is 2.89. The monoisotopic (exact) mass is 292 g/mol. The van der Waals surface area contributed by atoms with Crippen LogP contribution < -0.4 is 20.1 Å². The largest absolute Gasteiger partial charge is 0.494 e. The lowest BCUT2D eigenvalue weighted by molar-refractivity contribution is -0.127. The summed E-state index contributed by atoms with van der Waals surface area (Å²) < 4.78 is 10.6. The van der Waals surface area contributed by atoms with E-state index in [1.165, 1.54) is 0 Å². The maximum absolute atomic E-state index is 11.6. The van der Waals surface area contributed by atoms with Crippen molar-refractivity contribution in [1.82, 2.24) is 10.6 Å². The first-order valence-electron chi connectivity index (χ1n) is 7.09. The molecule has 0 saturated heterocycles. The molecule has 0 unspecified atom stereocenters. The number of hydrogen-bond donors (Lipinski definition) is 2. The van der Waals surface area contributed by atoms with E-state index in [2.05, 4.69) is 10.6 Å². The summed E-state index contributed by atoms with van der Waals surface area (Å²) in [5.41, 5.74) is 0. The van der Waals surface area contributed by atoms with E-state index in [4.69, 9.17) is 9.47 Å². The zero-order valence-electron chi connectivity index (χ0n) is 12.1. The van der Waals surface area contributed by atoms with Crippen molar-refractivity contribution in [3.8, 4) is 11.5 Å². The second-order valence-electron chi connectivity index (χ2n) is 4.81. The molecule has 1 fully saturated rings. The highest BCUT2D eigenvalue weighted by Crippen LogP contribution is 2.18. The molecule has 1 aliphatic carbocycles. The molecule has 114 valence electrons. The maximum atomic E-state index is 11.6. The Morgan fingerprint density at radius 3 is 2.29 bits per heavy atom. The SMILES string of the molecule is CCOc1ccc(OCC(=O)NCC(=O)NC2CC2)cc1. The lowest BCUT2D eigenvalue weighted by Crippen LogP contribution is -2.39. The molecule has 0 bridgehead atoms. The highest BCUT2D eigenvalue weighted by Gasteiger charge is 2.23. The van der Waals surface area contributed by atoms with Crippen molar-refractivity contribution >= 4 is 11.8 Å². The molecule has 0 atom stereocenters. The van der Waals surface area contributed by atoms with E-state index in [9.17, 15) is 9.59 Å². The first-order valence-corrected chi connectivity index (χ1v) is 7.09. The van der Waals surface area contributed by atoms with Gasteiger partial charge in [0.05, 0.1) is 13.2 Å². The van der Waals surface area contributed by atoms with Crippen LogP contribution in [0.3, 0.4) is 0 Å². The lowest BCUT2D eigenvalue weighted by Gasteiger charge is -2.08. The minimum atomic E-state index is -0.324. The van der Waals surface area contributed by atoms with Crippen molar-refractivity contribution in [3.05, 3.63) is 24.3 Å². The maximum Gasteiger partial charge on any atom is 0.258 e. The quantitative estimate of drug-likeness (QED) is 0.745. The van der Waals surface area contributed by atoms with Crippen LogP contribution in [0.2, 0.25) is 0 Å². The number of ether oxygens (including phenoxy) is 2. The van der Waals surface area contributed by atoms with Crippen LogP contribution >= 0.6 is 0 Å². The molecule has 0 aromatic heterocycles. The smallest absolute Gasteiger partial charge is 0.258 e. The Kier molecular flexibility index (Phi) is 5.43. The van der Waals surface area contributed by atoms with Gasteiger partial charge in [-0.05, 0) is 44.0 Å². The third-order valence-corrected chi connectivity index (χ3v) is 2.89. The van der Waals surface area contributed by atoms with Gasteiger partial charge in [-0.15, -0.1) is 0 Å². The van der Waals surface area contributed by atoms with Gasteiger partial charge in [-0.3, -0.25) is 9.59 Å². The number of amides is 2. The van der Waals surface area contributed by atoms with Crippen molar-refractivity contribution in [2.75, 3.05) is 19.8 Å². The Bertz CT molecular complexity index is 483. The van der Waals surface area contributed by atoms with Gasteiger partial charge in [0.2, 0.25) is 5.91 Å². The van der Waals surface area contributed by atoms with Gasteiger partial charge >= 0.3 is 0 Å². The van der Waals surface area contributed by atoms with Crippen LogP contribution in [-0.4, -0.2) is 37.6 Å². The van der Waals surface area contributed by atoms with Crippen LogP contribution in [0.5, 0.6) is 11.5 Å². The number of carbonyl (C=O) groups excluding carboxylic acids is 2. The van der Waals surface area contributed by atoms with Crippen LogP contribution in [0, 0.1) is 0 Å². The predicted molar refractivity (Wildman–Crippen MR) is 77.3 cm³/mol. The highest BCUT2D eigenvalue weighted by atomic mass is 16.5. The van der Waals surface area contributed by atoms with E-state index in [0.29, 0.717) is 18.4 Å². The molecule has 0 radical (unpaired) electrons. The van der Waals surface area contributed by atoms with E-state index in [1.54, 1.807) is 24.3 Å². The summed E-state index contributed by atoms with van der Waals surface area (Å²) in [5, 5.41) is 5.31. The molecule has 0 spiro atoms. The normalized spacial score (nSPS) is 13.4. The molecule has 1 saturated carbocycles. The summed E-state index contributed by atoms with van der Waals surface area (Å²) in [5.74, 6) is 0.851. The van der Waals surface area contributed by atoms with Crippen molar-refractivity contribution < 1.29 is 19.1 Å². The van der Waals surface area contributed by atoms with Crippen molar-refractivity contribution in [2.45, 2.75) is 25.8 Å². The minimum absolute atomic E-state index is 0.0119.